The van der Waals surface area contributed by atoms with Crippen molar-refractivity contribution in [1.29, 1.82) is 5.26 Å². The van der Waals surface area contributed by atoms with Gasteiger partial charge in [0, 0.05) is 12.6 Å². The SMILES string of the molecule is CCC(CC)NC(=O)C(C)N1CCCCC1C#N. The van der Waals surface area contributed by atoms with Crippen molar-refractivity contribution in [2.45, 2.75) is 71.0 Å². The number of amides is 1. The number of nitriles is 1. The summed E-state index contributed by atoms with van der Waals surface area (Å²) in [6, 6.07) is 2.28. The molecule has 18 heavy (non-hydrogen) atoms. The van der Waals surface area contributed by atoms with Crippen LogP contribution in [0.5, 0.6) is 0 Å². The van der Waals surface area contributed by atoms with E-state index in [-0.39, 0.29) is 24.0 Å². The Morgan fingerprint density at radius 2 is 2.11 bits per heavy atom. The van der Waals surface area contributed by atoms with Crippen LogP contribution in [0.1, 0.15) is 52.9 Å². The van der Waals surface area contributed by atoms with Gasteiger partial charge in [-0.05, 0) is 39.0 Å². The van der Waals surface area contributed by atoms with E-state index in [4.69, 9.17) is 5.26 Å². The first-order valence-electron chi connectivity index (χ1n) is 7.09. The van der Waals surface area contributed by atoms with E-state index in [1.165, 1.54) is 0 Å². The number of hydrogen-bond donors (Lipinski definition) is 1. The highest BCUT2D eigenvalue weighted by molar-refractivity contribution is 5.81. The van der Waals surface area contributed by atoms with E-state index in [9.17, 15) is 4.79 Å². The first-order valence-corrected chi connectivity index (χ1v) is 7.09. The summed E-state index contributed by atoms with van der Waals surface area (Å²) in [5, 5.41) is 12.2. The molecule has 0 aromatic carbocycles. The minimum atomic E-state index is -0.199. The number of piperidine rings is 1. The largest absolute Gasteiger partial charge is 0.352 e. The Labute approximate surface area is 110 Å². The Kier molecular flexibility index (Phi) is 6.14. The topological polar surface area (TPSA) is 56.1 Å². The zero-order valence-corrected chi connectivity index (χ0v) is 11.8. The molecule has 1 amide bonds. The molecule has 0 radical (unpaired) electrons. The van der Waals surface area contributed by atoms with Crippen LogP contribution in [0.3, 0.4) is 0 Å². The van der Waals surface area contributed by atoms with Crippen LogP contribution in [-0.2, 0) is 4.79 Å². The molecule has 1 fully saturated rings. The molecule has 1 aliphatic heterocycles. The standard InChI is InChI=1S/C14H25N3O/c1-4-12(5-2)16-14(18)11(3)17-9-7-6-8-13(17)10-15/h11-13H,4-9H2,1-3H3,(H,16,18). The van der Waals surface area contributed by atoms with Crippen LogP contribution in [0.25, 0.3) is 0 Å². The van der Waals surface area contributed by atoms with E-state index in [1.54, 1.807) is 0 Å². The van der Waals surface area contributed by atoms with Gasteiger partial charge in [0.15, 0.2) is 0 Å². The second kappa shape index (κ2) is 7.38. The van der Waals surface area contributed by atoms with E-state index < -0.39 is 0 Å². The third kappa shape index (κ3) is 3.71. The zero-order valence-electron chi connectivity index (χ0n) is 11.8. The zero-order chi connectivity index (χ0) is 13.5. The third-order valence-electron chi connectivity index (χ3n) is 3.90. The molecule has 1 heterocycles. The number of likely N-dealkylation sites (tertiary alicyclic amines) is 1. The average Bonchev–Trinajstić information content (AvgIpc) is 2.43. The number of hydrogen-bond acceptors (Lipinski definition) is 3. The van der Waals surface area contributed by atoms with Gasteiger partial charge in [-0.25, -0.2) is 0 Å². The Balaban J connectivity index is 2.59. The average molecular weight is 251 g/mol. The van der Waals surface area contributed by atoms with Gasteiger partial charge in [-0.15, -0.1) is 0 Å². The highest BCUT2D eigenvalue weighted by atomic mass is 16.2. The minimum absolute atomic E-state index is 0.0610. The fourth-order valence-electron chi connectivity index (χ4n) is 2.52. The first-order chi connectivity index (χ1) is 8.63. The van der Waals surface area contributed by atoms with Crippen molar-refractivity contribution >= 4 is 5.91 Å². The van der Waals surface area contributed by atoms with Crippen molar-refractivity contribution in [2.24, 2.45) is 0 Å². The summed E-state index contributed by atoms with van der Waals surface area (Å²) in [6.07, 6.45) is 4.97. The minimum Gasteiger partial charge on any atom is -0.352 e. The molecule has 0 aromatic rings. The van der Waals surface area contributed by atoms with Crippen molar-refractivity contribution in [3.63, 3.8) is 0 Å². The number of carbonyl (C=O) groups excluding carboxylic acids is 1. The maximum Gasteiger partial charge on any atom is 0.237 e. The van der Waals surface area contributed by atoms with Gasteiger partial charge >= 0.3 is 0 Å². The predicted octanol–water partition coefficient (Wildman–Crippen LogP) is 2.06. The first kappa shape index (κ1) is 15.0. The third-order valence-corrected chi connectivity index (χ3v) is 3.90. The summed E-state index contributed by atoms with van der Waals surface area (Å²) in [5.74, 6) is 0.0610. The number of nitrogens with zero attached hydrogens (tertiary/aromatic N) is 2. The summed E-state index contributed by atoms with van der Waals surface area (Å²) in [7, 11) is 0. The van der Waals surface area contributed by atoms with Crippen LogP contribution in [0.2, 0.25) is 0 Å². The van der Waals surface area contributed by atoms with Crippen molar-refractivity contribution < 1.29 is 4.79 Å². The Bertz CT molecular complexity index is 307. The molecule has 0 aromatic heterocycles. The lowest BCUT2D eigenvalue weighted by atomic mass is 10.0. The lowest BCUT2D eigenvalue weighted by Gasteiger charge is -2.35. The second-order valence-electron chi connectivity index (χ2n) is 5.08. The van der Waals surface area contributed by atoms with Crippen molar-refractivity contribution in [2.75, 3.05) is 6.54 Å². The smallest absolute Gasteiger partial charge is 0.237 e. The van der Waals surface area contributed by atoms with E-state index in [0.29, 0.717) is 0 Å². The van der Waals surface area contributed by atoms with Gasteiger partial charge in [0.05, 0.1) is 18.2 Å². The fraction of sp³-hybridized carbons (Fsp3) is 0.857. The molecular weight excluding hydrogens is 226 g/mol. The summed E-state index contributed by atoms with van der Waals surface area (Å²) in [4.78, 5) is 14.2. The highest BCUT2D eigenvalue weighted by Crippen LogP contribution is 2.19. The maximum atomic E-state index is 12.2. The lowest BCUT2D eigenvalue weighted by Crippen LogP contribution is -2.52. The van der Waals surface area contributed by atoms with Crippen LogP contribution in [-0.4, -0.2) is 35.5 Å². The molecule has 0 saturated carbocycles. The fourth-order valence-corrected chi connectivity index (χ4v) is 2.52. The molecule has 102 valence electrons. The van der Waals surface area contributed by atoms with E-state index >= 15 is 0 Å². The van der Waals surface area contributed by atoms with Crippen molar-refractivity contribution in [3.05, 3.63) is 0 Å². The lowest BCUT2D eigenvalue weighted by molar-refractivity contribution is -0.127. The van der Waals surface area contributed by atoms with Gasteiger partial charge < -0.3 is 5.32 Å². The summed E-state index contributed by atoms with van der Waals surface area (Å²) >= 11 is 0. The monoisotopic (exact) mass is 251 g/mol. The predicted molar refractivity (Wildman–Crippen MR) is 71.9 cm³/mol. The van der Waals surface area contributed by atoms with Crippen LogP contribution in [0, 0.1) is 11.3 Å². The Hall–Kier alpha value is -1.08. The quantitative estimate of drug-likeness (QED) is 0.813. The molecule has 2 atom stereocenters. The number of rotatable bonds is 5. The summed E-state index contributed by atoms with van der Waals surface area (Å²) in [5.41, 5.74) is 0. The molecule has 2 unspecified atom stereocenters. The molecule has 1 rings (SSSR count). The molecule has 0 spiro atoms. The van der Waals surface area contributed by atoms with Gasteiger partial charge in [-0.1, -0.05) is 13.8 Å². The molecular formula is C14H25N3O. The van der Waals surface area contributed by atoms with E-state index in [0.717, 1.165) is 38.6 Å². The van der Waals surface area contributed by atoms with Crippen LogP contribution in [0.15, 0.2) is 0 Å². The Morgan fingerprint density at radius 1 is 1.44 bits per heavy atom. The maximum absolute atomic E-state index is 12.2. The van der Waals surface area contributed by atoms with Gasteiger partial charge in [-0.3, -0.25) is 9.69 Å². The van der Waals surface area contributed by atoms with Crippen LogP contribution < -0.4 is 5.32 Å². The molecule has 4 heteroatoms. The molecule has 1 aliphatic rings. The number of nitrogens with one attached hydrogen (secondary N) is 1. The van der Waals surface area contributed by atoms with Crippen molar-refractivity contribution in [1.82, 2.24) is 10.2 Å². The normalized spacial score (nSPS) is 22.5. The van der Waals surface area contributed by atoms with Crippen LogP contribution in [0.4, 0.5) is 0 Å². The molecule has 4 nitrogen and oxygen atoms in total. The highest BCUT2D eigenvalue weighted by Gasteiger charge is 2.30. The van der Waals surface area contributed by atoms with Gasteiger partial charge in [0.2, 0.25) is 5.91 Å². The van der Waals surface area contributed by atoms with Gasteiger partial charge in [0.25, 0.3) is 0 Å². The molecule has 1 saturated heterocycles. The van der Waals surface area contributed by atoms with Crippen LogP contribution >= 0.6 is 0 Å². The second-order valence-corrected chi connectivity index (χ2v) is 5.08. The van der Waals surface area contributed by atoms with Gasteiger partial charge in [-0.2, -0.15) is 5.26 Å². The Morgan fingerprint density at radius 3 is 2.67 bits per heavy atom. The summed E-state index contributed by atoms with van der Waals surface area (Å²) < 4.78 is 0. The molecule has 0 bridgehead atoms. The molecule has 0 aliphatic carbocycles. The van der Waals surface area contributed by atoms with Crippen molar-refractivity contribution in [3.8, 4) is 6.07 Å². The molecule has 1 N–H and O–H groups in total. The van der Waals surface area contributed by atoms with E-state index in [1.807, 2.05) is 11.8 Å². The van der Waals surface area contributed by atoms with E-state index in [2.05, 4.69) is 25.2 Å². The van der Waals surface area contributed by atoms with Gasteiger partial charge in [0.1, 0.15) is 0 Å². The summed E-state index contributed by atoms with van der Waals surface area (Å²) in [6.45, 7) is 6.93. The number of carbonyl (C=O) groups is 1.